The van der Waals surface area contributed by atoms with Crippen molar-refractivity contribution in [3.63, 3.8) is 0 Å². The van der Waals surface area contributed by atoms with E-state index in [4.69, 9.17) is 0 Å². The van der Waals surface area contributed by atoms with Gasteiger partial charge >= 0.3 is 0 Å². The van der Waals surface area contributed by atoms with Crippen LogP contribution in [0.25, 0.3) is 0 Å². The number of aromatic nitrogens is 1. The van der Waals surface area contributed by atoms with Crippen LogP contribution in [0.5, 0.6) is 0 Å². The Bertz CT molecular complexity index is 871. The van der Waals surface area contributed by atoms with E-state index in [0.717, 1.165) is 44.9 Å². The van der Waals surface area contributed by atoms with Crippen molar-refractivity contribution in [2.45, 2.75) is 83.8 Å². The minimum absolute atomic E-state index is 0.0239. The topological polar surface area (TPSA) is 109 Å². The highest BCUT2D eigenvalue weighted by Crippen LogP contribution is 2.17. The highest BCUT2D eigenvalue weighted by Gasteiger charge is 2.26. The molecule has 2 heterocycles. The average Bonchev–Trinajstić information content (AvgIpc) is 2.93. The lowest BCUT2D eigenvalue weighted by Crippen LogP contribution is -2.47. The van der Waals surface area contributed by atoms with E-state index in [0.29, 0.717) is 19.5 Å². The Hall–Kier alpha value is -2.64. The standard InChI is InChI=1S/C23H34N4O4/c1-15(2)12-27-13-17(21(29)25-16-8-4-3-5-9-16)20(28)18(14-27)22(30)26-19-10-6-7-11-24-23(19)31/h13-16,19H,3-12H2,1-2H3,(H,24,31)(H,25,29)(H,26,30)/t19-/m0/s1. The van der Waals surface area contributed by atoms with Crippen molar-refractivity contribution in [1.82, 2.24) is 20.5 Å². The molecule has 8 heteroatoms. The lowest BCUT2D eigenvalue weighted by atomic mass is 9.95. The molecule has 1 saturated heterocycles. The van der Waals surface area contributed by atoms with Crippen LogP contribution in [0.1, 0.15) is 85.9 Å². The molecule has 3 N–H and O–H groups in total. The van der Waals surface area contributed by atoms with E-state index >= 15 is 0 Å². The Balaban J connectivity index is 1.86. The number of pyridine rings is 1. The van der Waals surface area contributed by atoms with Gasteiger partial charge in [0.25, 0.3) is 11.8 Å². The van der Waals surface area contributed by atoms with E-state index in [2.05, 4.69) is 16.0 Å². The van der Waals surface area contributed by atoms with Crippen LogP contribution >= 0.6 is 0 Å². The van der Waals surface area contributed by atoms with Crippen molar-refractivity contribution in [1.29, 1.82) is 0 Å². The molecule has 3 rings (SSSR count). The minimum Gasteiger partial charge on any atom is -0.354 e. The van der Waals surface area contributed by atoms with Crippen LogP contribution in [0.2, 0.25) is 0 Å². The van der Waals surface area contributed by atoms with Crippen molar-refractivity contribution < 1.29 is 14.4 Å². The second-order valence-corrected chi connectivity index (χ2v) is 9.13. The Morgan fingerprint density at radius 1 is 0.968 bits per heavy atom. The molecule has 31 heavy (non-hydrogen) atoms. The molecule has 2 fully saturated rings. The highest BCUT2D eigenvalue weighted by atomic mass is 16.2. The van der Waals surface area contributed by atoms with E-state index in [-0.39, 0.29) is 29.0 Å². The summed E-state index contributed by atoms with van der Waals surface area (Å²) >= 11 is 0. The summed E-state index contributed by atoms with van der Waals surface area (Å²) in [4.78, 5) is 51.2. The van der Waals surface area contributed by atoms with Gasteiger partial charge in [0.15, 0.2) is 0 Å². The van der Waals surface area contributed by atoms with E-state index in [9.17, 15) is 19.2 Å². The molecule has 2 aliphatic rings. The zero-order valence-electron chi connectivity index (χ0n) is 18.5. The molecule has 1 atom stereocenters. The Kier molecular flexibility index (Phi) is 7.87. The first kappa shape index (κ1) is 23.0. The summed E-state index contributed by atoms with van der Waals surface area (Å²) in [5.41, 5.74) is -0.724. The van der Waals surface area contributed by atoms with Gasteiger partial charge in [0, 0.05) is 31.5 Å². The predicted molar refractivity (Wildman–Crippen MR) is 118 cm³/mol. The maximum absolute atomic E-state index is 13.1. The van der Waals surface area contributed by atoms with Gasteiger partial charge in [0.05, 0.1) is 0 Å². The number of amides is 3. The maximum Gasteiger partial charge on any atom is 0.257 e. The van der Waals surface area contributed by atoms with E-state index in [1.165, 1.54) is 12.4 Å². The second-order valence-electron chi connectivity index (χ2n) is 9.13. The van der Waals surface area contributed by atoms with Gasteiger partial charge < -0.3 is 20.5 Å². The molecule has 0 aromatic carbocycles. The maximum atomic E-state index is 13.1. The SMILES string of the molecule is CC(C)Cn1cc(C(=O)NC2CCCCC2)c(=O)c(C(=O)N[C@H]2CCCCNC2=O)c1. The molecule has 0 unspecified atom stereocenters. The van der Waals surface area contributed by atoms with Crippen LogP contribution in [0, 0.1) is 5.92 Å². The van der Waals surface area contributed by atoms with Crippen LogP contribution < -0.4 is 21.4 Å². The van der Waals surface area contributed by atoms with Gasteiger partial charge in [-0.05, 0) is 38.0 Å². The number of hydrogen-bond donors (Lipinski definition) is 3. The summed E-state index contributed by atoms with van der Waals surface area (Å²) in [6, 6.07) is -0.612. The van der Waals surface area contributed by atoms with Crippen molar-refractivity contribution in [3.8, 4) is 0 Å². The normalized spacial score (nSPS) is 20.1. The molecule has 0 radical (unpaired) electrons. The monoisotopic (exact) mass is 430 g/mol. The van der Waals surface area contributed by atoms with Crippen LogP contribution in [0.15, 0.2) is 17.2 Å². The first-order valence-corrected chi connectivity index (χ1v) is 11.5. The molecule has 1 aliphatic heterocycles. The molecule has 170 valence electrons. The average molecular weight is 431 g/mol. The minimum atomic E-state index is -0.673. The van der Waals surface area contributed by atoms with E-state index in [1.54, 1.807) is 4.57 Å². The fourth-order valence-electron chi connectivity index (χ4n) is 4.30. The van der Waals surface area contributed by atoms with Crippen molar-refractivity contribution in [2.24, 2.45) is 5.92 Å². The molecule has 1 aliphatic carbocycles. The molecule has 1 aromatic rings. The number of carbonyl (C=O) groups excluding carboxylic acids is 3. The fraction of sp³-hybridized carbons (Fsp3) is 0.652. The van der Waals surface area contributed by atoms with Gasteiger partial charge in [0.2, 0.25) is 11.3 Å². The number of hydrogen-bond acceptors (Lipinski definition) is 4. The predicted octanol–water partition coefficient (Wildman–Crippen LogP) is 1.97. The van der Waals surface area contributed by atoms with Crippen molar-refractivity contribution >= 4 is 17.7 Å². The zero-order valence-corrected chi connectivity index (χ0v) is 18.5. The van der Waals surface area contributed by atoms with Gasteiger partial charge in [0.1, 0.15) is 17.2 Å². The van der Waals surface area contributed by atoms with Crippen molar-refractivity contribution in [2.75, 3.05) is 6.54 Å². The third-order valence-corrected chi connectivity index (χ3v) is 5.93. The van der Waals surface area contributed by atoms with Crippen LogP contribution in [-0.2, 0) is 11.3 Å². The summed E-state index contributed by atoms with van der Waals surface area (Å²) in [5.74, 6) is -1.02. The lowest BCUT2D eigenvalue weighted by molar-refractivity contribution is -0.122. The smallest absolute Gasteiger partial charge is 0.257 e. The van der Waals surface area contributed by atoms with Gasteiger partial charge in [-0.2, -0.15) is 0 Å². The van der Waals surface area contributed by atoms with Gasteiger partial charge in [-0.15, -0.1) is 0 Å². The number of carbonyl (C=O) groups is 3. The summed E-state index contributed by atoms with van der Waals surface area (Å²) in [6.07, 6.45) is 10.3. The summed E-state index contributed by atoms with van der Waals surface area (Å²) in [6.45, 7) is 5.20. The molecule has 1 aromatic heterocycles. The Morgan fingerprint density at radius 3 is 2.23 bits per heavy atom. The molecule has 3 amide bonds. The van der Waals surface area contributed by atoms with Crippen LogP contribution in [0.4, 0.5) is 0 Å². The molecular formula is C23H34N4O4. The first-order valence-electron chi connectivity index (χ1n) is 11.5. The summed E-state index contributed by atoms with van der Waals surface area (Å²) in [7, 11) is 0. The van der Waals surface area contributed by atoms with Crippen LogP contribution in [-0.4, -0.2) is 40.9 Å². The first-order chi connectivity index (χ1) is 14.8. The van der Waals surface area contributed by atoms with Gasteiger partial charge in [-0.3, -0.25) is 19.2 Å². The second kappa shape index (κ2) is 10.6. The Labute approximate surface area is 183 Å². The number of rotatable bonds is 6. The molecule has 8 nitrogen and oxygen atoms in total. The summed E-state index contributed by atoms with van der Waals surface area (Å²) < 4.78 is 1.73. The summed E-state index contributed by atoms with van der Waals surface area (Å²) in [5, 5.41) is 8.45. The lowest BCUT2D eigenvalue weighted by Gasteiger charge is -2.23. The van der Waals surface area contributed by atoms with E-state index < -0.39 is 23.3 Å². The fourth-order valence-corrected chi connectivity index (χ4v) is 4.30. The number of nitrogens with one attached hydrogen (secondary N) is 3. The third kappa shape index (κ3) is 6.18. The van der Waals surface area contributed by atoms with Gasteiger partial charge in [-0.25, -0.2) is 0 Å². The van der Waals surface area contributed by atoms with Crippen LogP contribution in [0.3, 0.4) is 0 Å². The molecular weight excluding hydrogens is 396 g/mol. The Morgan fingerprint density at radius 2 is 1.58 bits per heavy atom. The molecule has 0 bridgehead atoms. The number of nitrogens with zero attached hydrogens (tertiary/aromatic N) is 1. The largest absolute Gasteiger partial charge is 0.354 e. The van der Waals surface area contributed by atoms with Crippen molar-refractivity contribution in [3.05, 3.63) is 33.7 Å². The van der Waals surface area contributed by atoms with Gasteiger partial charge in [-0.1, -0.05) is 33.1 Å². The third-order valence-electron chi connectivity index (χ3n) is 5.93. The zero-order chi connectivity index (χ0) is 22.4. The highest BCUT2D eigenvalue weighted by molar-refractivity contribution is 6.00. The van der Waals surface area contributed by atoms with E-state index in [1.807, 2.05) is 13.8 Å². The quantitative estimate of drug-likeness (QED) is 0.641. The molecule has 1 saturated carbocycles. The molecule has 0 spiro atoms.